The molecule has 3 rings (SSSR count). The number of piperidine rings is 1. The molecule has 1 aliphatic heterocycles. The molecule has 0 bridgehead atoms. The standard InChI is InChI=1S/C23H30N4O4S/c1-24-23(29)19-8-6-18(7-9-19)16-26(2)22(28)17-32(30,31)25-20-10-12-21(13-11-20)27-14-4-3-5-15-27/h6-13,25H,3-5,14-17H2,1-2H3,(H,24,29). The van der Waals surface area contributed by atoms with Gasteiger partial charge in [-0.1, -0.05) is 12.1 Å². The van der Waals surface area contributed by atoms with Crippen molar-refractivity contribution in [3.63, 3.8) is 0 Å². The quantitative estimate of drug-likeness (QED) is 0.633. The van der Waals surface area contributed by atoms with Crippen LogP contribution in [0, 0.1) is 0 Å². The Morgan fingerprint density at radius 1 is 0.969 bits per heavy atom. The highest BCUT2D eigenvalue weighted by Gasteiger charge is 2.20. The average molecular weight is 459 g/mol. The molecule has 2 aromatic carbocycles. The zero-order chi connectivity index (χ0) is 23.1. The first-order valence-corrected chi connectivity index (χ1v) is 12.3. The van der Waals surface area contributed by atoms with Gasteiger partial charge in [-0.25, -0.2) is 8.42 Å². The number of amides is 2. The molecular formula is C23H30N4O4S. The van der Waals surface area contributed by atoms with Crippen LogP contribution in [0.25, 0.3) is 0 Å². The topological polar surface area (TPSA) is 98.8 Å². The van der Waals surface area contributed by atoms with Gasteiger partial charge in [-0.05, 0) is 61.2 Å². The van der Waals surface area contributed by atoms with Crippen molar-refractivity contribution < 1.29 is 18.0 Å². The van der Waals surface area contributed by atoms with E-state index in [0.29, 0.717) is 11.3 Å². The summed E-state index contributed by atoms with van der Waals surface area (Å²) in [6, 6.07) is 14.1. The van der Waals surface area contributed by atoms with Gasteiger partial charge in [0, 0.05) is 50.7 Å². The molecule has 0 saturated carbocycles. The Bertz CT molecular complexity index is 1030. The number of benzene rings is 2. The number of sulfonamides is 1. The van der Waals surface area contributed by atoms with Gasteiger partial charge < -0.3 is 15.1 Å². The number of nitrogens with zero attached hydrogens (tertiary/aromatic N) is 2. The molecule has 1 fully saturated rings. The molecule has 1 aliphatic rings. The lowest BCUT2D eigenvalue weighted by atomic mass is 10.1. The van der Waals surface area contributed by atoms with E-state index >= 15 is 0 Å². The monoisotopic (exact) mass is 458 g/mol. The van der Waals surface area contributed by atoms with Crippen LogP contribution in [0.15, 0.2) is 48.5 Å². The Kier molecular flexibility index (Phi) is 7.74. The normalized spacial score (nSPS) is 14.0. The molecule has 172 valence electrons. The van der Waals surface area contributed by atoms with Crippen LogP contribution in [0.3, 0.4) is 0 Å². The van der Waals surface area contributed by atoms with E-state index in [1.54, 1.807) is 50.5 Å². The van der Waals surface area contributed by atoms with Gasteiger partial charge in [0.15, 0.2) is 0 Å². The van der Waals surface area contributed by atoms with Crippen molar-refractivity contribution >= 4 is 33.2 Å². The Labute approximate surface area is 189 Å². The molecule has 0 aromatic heterocycles. The van der Waals surface area contributed by atoms with Crippen molar-refractivity contribution in [1.82, 2.24) is 10.2 Å². The SMILES string of the molecule is CNC(=O)c1ccc(CN(C)C(=O)CS(=O)(=O)Nc2ccc(N3CCCCC3)cc2)cc1. The van der Waals surface area contributed by atoms with Crippen LogP contribution in [-0.4, -0.2) is 58.1 Å². The van der Waals surface area contributed by atoms with E-state index in [0.717, 1.165) is 24.3 Å². The maximum atomic E-state index is 12.5. The Morgan fingerprint density at radius 3 is 2.19 bits per heavy atom. The van der Waals surface area contributed by atoms with E-state index in [1.807, 2.05) is 12.1 Å². The van der Waals surface area contributed by atoms with Crippen molar-refractivity contribution in [3.05, 3.63) is 59.7 Å². The number of hydrogen-bond acceptors (Lipinski definition) is 5. The van der Waals surface area contributed by atoms with Crippen molar-refractivity contribution in [2.45, 2.75) is 25.8 Å². The number of rotatable bonds is 8. The molecule has 32 heavy (non-hydrogen) atoms. The van der Waals surface area contributed by atoms with Crippen LogP contribution in [0.5, 0.6) is 0 Å². The smallest absolute Gasteiger partial charge is 0.251 e. The highest BCUT2D eigenvalue weighted by molar-refractivity contribution is 7.93. The molecule has 2 amide bonds. The van der Waals surface area contributed by atoms with Crippen LogP contribution in [0.2, 0.25) is 0 Å². The van der Waals surface area contributed by atoms with Crippen LogP contribution in [-0.2, 0) is 21.4 Å². The van der Waals surface area contributed by atoms with Crippen molar-refractivity contribution in [2.75, 3.05) is 42.6 Å². The summed E-state index contributed by atoms with van der Waals surface area (Å²) in [6.45, 7) is 2.27. The first-order chi connectivity index (χ1) is 15.3. The molecule has 0 unspecified atom stereocenters. The Hall–Kier alpha value is -3.07. The van der Waals surface area contributed by atoms with E-state index in [2.05, 4.69) is 14.9 Å². The molecule has 0 aliphatic carbocycles. The minimum Gasteiger partial charge on any atom is -0.372 e. The maximum Gasteiger partial charge on any atom is 0.251 e. The predicted octanol–water partition coefficient (Wildman–Crippen LogP) is 2.44. The van der Waals surface area contributed by atoms with Gasteiger partial charge in [-0.2, -0.15) is 0 Å². The zero-order valence-corrected chi connectivity index (χ0v) is 19.3. The summed E-state index contributed by atoms with van der Waals surface area (Å²) < 4.78 is 27.5. The van der Waals surface area contributed by atoms with Crippen molar-refractivity contribution in [3.8, 4) is 0 Å². The van der Waals surface area contributed by atoms with Crippen LogP contribution in [0.4, 0.5) is 11.4 Å². The highest BCUT2D eigenvalue weighted by Crippen LogP contribution is 2.22. The second kappa shape index (κ2) is 10.5. The van der Waals surface area contributed by atoms with Crippen LogP contribution >= 0.6 is 0 Å². The fraction of sp³-hybridized carbons (Fsp3) is 0.391. The van der Waals surface area contributed by atoms with Crippen molar-refractivity contribution in [2.24, 2.45) is 0 Å². The number of anilines is 2. The van der Waals surface area contributed by atoms with E-state index in [4.69, 9.17) is 0 Å². The van der Waals surface area contributed by atoms with Gasteiger partial charge in [-0.3, -0.25) is 14.3 Å². The number of carbonyl (C=O) groups excluding carboxylic acids is 2. The third kappa shape index (κ3) is 6.46. The predicted molar refractivity (Wildman–Crippen MR) is 126 cm³/mol. The zero-order valence-electron chi connectivity index (χ0n) is 18.5. The summed E-state index contributed by atoms with van der Waals surface area (Å²) in [6.07, 6.45) is 3.59. The van der Waals surface area contributed by atoms with E-state index < -0.39 is 21.7 Å². The van der Waals surface area contributed by atoms with Gasteiger partial charge in [0.05, 0.1) is 0 Å². The summed E-state index contributed by atoms with van der Waals surface area (Å²) in [7, 11) is -0.729. The molecule has 1 heterocycles. The second-order valence-electron chi connectivity index (χ2n) is 7.98. The molecule has 8 nitrogen and oxygen atoms in total. The van der Waals surface area contributed by atoms with Crippen LogP contribution < -0.4 is 14.9 Å². The van der Waals surface area contributed by atoms with E-state index in [-0.39, 0.29) is 12.5 Å². The fourth-order valence-corrected chi connectivity index (χ4v) is 4.76. The van der Waals surface area contributed by atoms with E-state index in [1.165, 1.54) is 24.2 Å². The largest absolute Gasteiger partial charge is 0.372 e. The lowest BCUT2D eigenvalue weighted by molar-refractivity contribution is -0.127. The molecule has 2 aromatic rings. The number of hydrogen-bond donors (Lipinski definition) is 2. The minimum absolute atomic E-state index is 0.192. The Morgan fingerprint density at radius 2 is 1.59 bits per heavy atom. The minimum atomic E-state index is -3.84. The first kappa shape index (κ1) is 23.6. The van der Waals surface area contributed by atoms with Gasteiger partial charge in [-0.15, -0.1) is 0 Å². The van der Waals surface area contributed by atoms with E-state index in [9.17, 15) is 18.0 Å². The first-order valence-electron chi connectivity index (χ1n) is 10.7. The molecule has 1 saturated heterocycles. The lowest BCUT2D eigenvalue weighted by Crippen LogP contribution is -2.34. The number of nitrogens with one attached hydrogen (secondary N) is 2. The van der Waals surface area contributed by atoms with Crippen molar-refractivity contribution in [1.29, 1.82) is 0 Å². The maximum absolute atomic E-state index is 12.5. The van der Waals surface area contributed by atoms with Gasteiger partial charge in [0.1, 0.15) is 5.75 Å². The third-order valence-electron chi connectivity index (χ3n) is 5.46. The molecular weight excluding hydrogens is 428 g/mol. The molecule has 0 atom stereocenters. The van der Waals surface area contributed by atoms with Gasteiger partial charge >= 0.3 is 0 Å². The van der Waals surface area contributed by atoms with Gasteiger partial charge in [0.25, 0.3) is 5.91 Å². The summed E-state index contributed by atoms with van der Waals surface area (Å²) in [5.41, 5.74) is 2.83. The summed E-state index contributed by atoms with van der Waals surface area (Å²) in [5, 5.41) is 2.55. The molecule has 0 radical (unpaired) electrons. The Balaban J connectivity index is 1.54. The van der Waals surface area contributed by atoms with Gasteiger partial charge in [0.2, 0.25) is 15.9 Å². The molecule has 9 heteroatoms. The fourth-order valence-electron chi connectivity index (χ4n) is 3.65. The van der Waals surface area contributed by atoms with Crippen LogP contribution in [0.1, 0.15) is 35.2 Å². The highest BCUT2D eigenvalue weighted by atomic mass is 32.2. The number of carbonyl (C=O) groups is 2. The second-order valence-corrected chi connectivity index (χ2v) is 9.70. The summed E-state index contributed by atoms with van der Waals surface area (Å²) in [5.74, 6) is -1.35. The molecule has 2 N–H and O–H groups in total. The average Bonchev–Trinajstić information content (AvgIpc) is 2.79. The molecule has 0 spiro atoms. The third-order valence-corrected chi connectivity index (χ3v) is 6.64. The summed E-state index contributed by atoms with van der Waals surface area (Å²) in [4.78, 5) is 27.7. The summed E-state index contributed by atoms with van der Waals surface area (Å²) >= 11 is 0. The lowest BCUT2D eigenvalue weighted by Gasteiger charge is -2.28.